The topological polar surface area (TPSA) is 66.5 Å². The van der Waals surface area contributed by atoms with Crippen LogP contribution in [0.25, 0.3) is 0 Å². The number of amides is 2. The Morgan fingerprint density at radius 3 is 2.43 bits per heavy atom. The van der Waals surface area contributed by atoms with E-state index in [1.54, 1.807) is 14.0 Å². The summed E-state index contributed by atoms with van der Waals surface area (Å²) in [6.45, 7) is 1.75. The van der Waals surface area contributed by atoms with Crippen LogP contribution in [0.3, 0.4) is 0 Å². The molecule has 1 aromatic rings. The molecule has 1 aromatic carbocycles. The van der Waals surface area contributed by atoms with Crippen LogP contribution in [0.2, 0.25) is 0 Å². The molecule has 5 nitrogen and oxygen atoms in total. The molecule has 23 heavy (non-hydrogen) atoms. The molecule has 1 saturated carbocycles. The van der Waals surface area contributed by atoms with E-state index in [0.29, 0.717) is 5.92 Å². The minimum absolute atomic E-state index is 0.0241. The highest BCUT2D eigenvalue weighted by atomic mass is 32.2. The molecule has 2 rings (SSSR count). The molecule has 1 N–H and O–H groups in total. The van der Waals surface area contributed by atoms with Crippen LogP contribution < -0.4 is 5.32 Å². The number of carbonyl (C=O) groups excluding carboxylic acids is 1. The van der Waals surface area contributed by atoms with E-state index in [1.807, 2.05) is 18.2 Å². The molecule has 0 heterocycles. The standard InChI is InChI=1S/C17H26N2O3S/c1-13(12-23(3,21)22)19(2)17(20)18-16(15-9-10-15)11-14-7-5-4-6-8-14/h4-8,13,15-16H,9-12H2,1-3H3,(H,18,20)/t13-,16+/m0/s1. The summed E-state index contributed by atoms with van der Waals surface area (Å²) in [6.07, 6.45) is 4.28. The second-order valence-electron chi connectivity index (χ2n) is 6.64. The number of urea groups is 1. The number of carbonyl (C=O) groups is 1. The quantitative estimate of drug-likeness (QED) is 0.828. The zero-order valence-corrected chi connectivity index (χ0v) is 14.8. The van der Waals surface area contributed by atoms with Crippen LogP contribution in [0.1, 0.15) is 25.3 Å². The molecule has 2 atom stereocenters. The van der Waals surface area contributed by atoms with Crippen LogP contribution >= 0.6 is 0 Å². The molecule has 0 spiro atoms. The van der Waals surface area contributed by atoms with Crippen molar-refractivity contribution in [3.05, 3.63) is 35.9 Å². The van der Waals surface area contributed by atoms with Crippen molar-refractivity contribution in [3.63, 3.8) is 0 Å². The molecule has 0 bridgehead atoms. The molecule has 1 fully saturated rings. The Hall–Kier alpha value is -1.56. The number of rotatable bonds is 7. The summed E-state index contributed by atoms with van der Waals surface area (Å²) in [5.41, 5.74) is 1.21. The lowest BCUT2D eigenvalue weighted by Crippen LogP contribution is -2.49. The Morgan fingerprint density at radius 1 is 1.30 bits per heavy atom. The number of nitrogens with zero attached hydrogens (tertiary/aromatic N) is 1. The van der Waals surface area contributed by atoms with Gasteiger partial charge in [-0.2, -0.15) is 0 Å². The highest BCUT2D eigenvalue weighted by Crippen LogP contribution is 2.34. The Bertz CT molecular complexity index is 626. The van der Waals surface area contributed by atoms with Gasteiger partial charge in [0.15, 0.2) is 0 Å². The molecular weight excluding hydrogens is 312 g/mol. The SMILES string of the molecule is C[C@@H](CS(C)(=O)=O)N(C)C(=O)N[C@H](Cc1ccccc1)C1CC1. The van der Waals surface area contributed by atoms with Gasteiger partial charge in [-0.15, -0.1) is 0 Å². The number of sulfone groups is 1. The summed E-state index contributed by atoms with van der Waals surface area (Å²) in [4.78, 5) is 13.9. The molecule has 0 aromatic heterocycles. The van der Waals surface area contributed by atoms with Gasteiger partial charge in [0.05, 0.1) is 5.75 Å². The van der Waals surface area contributed by atoms with Crippen LogP contribution in [0.15, 0.2) is 30.3 Å². The predicted molar refractivity (Wildman–Crippen MR) is 92.1 cm³/mol. The summed E-state index contributed by atoms with van der Waals surface area (Å²) in [7, 11) is -1.45. The van der Waals surface area contributed by atoms with Gasteiger partial charge in [0.2, 0.25) is 0 Å². The monoisotopic (exact) mass is 338 g/mol. The van der Waals surface area contributed by atoms with Crippen LogP contribution in [0.4, 0.5) is 4.79 Å². The maximum absolute atomic E-state index is 12.4. The first kappa shape index (κ1) is 17.8. The van der Waals surface area contributed by atoms with Crippen LogP contribution in [0.5, 0.6) is 0 Å². The average Bonchev–Trinajstić information content (AvgIpc) is 3.29. The summed E-state index contributed by atoms with van der Waals surface area (Å²) >= 11 is 0. The number of benzene rings is 1. The number of hydrogen-bond donors (Lipinski definition) is 1. The van der Waals surface area contributed by atoms with E-state index in [1.165, 1.54) is 16.7 Å². The Labute approximate surface area is 139 Å². The van der Waals surface area contributed by atoms with Crippen molar-refractivity contribution in [1.29, 1.82) is 0 Å². The zero-order chi connectivity index (χ0) is 17.0. The van der Waals surface area contributed by atoms with E-state index < -0.39 is 9.84 Å². The molecule has 6 heteroatoms. The van der Waals surface area contributed by atoms with Crippen LogP contribution in [-0.4, -0.2) is 50.5 Å². The van der Waals surface area contributed by atoms with Crippen molar-refractivity contribution < 1.29 is 13.2 Å². The molecule has 0 saturated heterocycles. The van der Waals surface area contributed by atoms with E-state index in [-0.39, 0.29) is 23.9 Å². The van der Waals surface area contributed by atoms with Gasteiger partial charge < -0.3 is 10.2 Å². The Morgan fingerprint density at radius 2 is 1.91 bits per heavy atom. The van der Waals surface area contributed by atoms with Crippen LogP contribution in [0, 0.1) is 5.92 Å². The first-order valence-electron chi connectivity index (χ1n) is 8.01. The maximum atomic E-state index is 12.4. The second kappa shape index (κ2) is 7.34. The van der Waals surface area contributed by atoms with Gasteiger partial charge in [0.1, 0.15) is 9.84 Å². The fourth-order valence-electron chi connectivity index (χ4n) is 2.71. The summed E-state index contributed by atoms with van der Waals surface area (Å²) in [5, 5.41) is 3.09. The summed E-state index contributed by atoms with van der Waals surface area (Å²) < 4.78 is 22.8. The van der Waals surface area contributed by atoms with Gasteiger partial charge in [0.25, 0.3) is 0 Å². The Kier molecular flexibility index (Phi) is 5.68. The van der Waals surface area contributed by atoms with Crippen LogP contribution in [-0.2, 0) is 16.3 Å². The van der Waals surface area contributed by atoms with E-state index in [2.05, 4.69) is 17.4 Å². The summed E-state index contributed by atoms with van der Waals surface area (Å²) in [6, 6.07) is 9.68. The normalized spacial score (nSPS) is 17.3. The fourth-order valence-corrected chi connectivity index (χ4v) is 3.81. The van der Waals surface area contributed by atoms with Gasteiger partial charge in [-0.1, -0.05) is 30.3 Å². The molecule has 1 aliphatic rings. The molecular formula is C17H26N2O3S. The van der Waals surface area contributed by atoms with Crippen molar-refractivity contribution in [2.45, 2.75) is 38.3 Å². The van der Waals surface area contributed by atoms with Gasteiger partial charge in [0, 0.05) is 25.4 Å². The zero-order valence-electron chi connectivity index (χ0n) is 14.0. The average molecular weight is 338 g/mol. The maximum Gasteiger partial charge on any atom is 0.317 e. The molecule has 0 radical (unpaired) electrons. The molecule has 0 aliphatic heterocycles. The lowest BCUT2D eigenvalue weighted by Gasteiger charge is -2.28. The van der Waals surface area contributed by atoms with Crippen molar-refractivity contribution in [2.24, 2.45) is 5.92 Å². The lowest BCUT2D eigenvalue weighted by molar-refractivity contribution is 0.192. The van der Waals surface area contributed by atoms with Crippen molar-refractivity contribution in [2.75, 3.05) is 19.1 Å². The Balaban J connectivity index is 1.95. The van der Waals surface area contributed by atoms with E-state index >= 15 is 0 Å². The molecule has 2 amide bonds. The first-order chi connectivity index (χ1) is 10.8. The van der Waals surface area contributed by atoms with Gasteiger partial charge in [-0.3, -0.25) is 0 Å². The minimum Gasteiger partial charge on any atom is -0.335 e. The molecule has 128 valence electrons. The predicted octanol–water partition coefficient (Wildman–Crippen LogP) is 2.08. The highest BCUT2D eigenvalue weighted by molar-refractivity contribution is 7.90. The fraction of sp³-hybridized carbons (Fsp3) is 0.588. The van der Waals surface area contributed by atoms with E-state index in [9.17, 15) is 13.2 Å². The third-order valence-electron chi connectivity index (χ3n) is 4.32. The second-order valence-corrected chi connectivity index (χ2v) is 8.82. The largest absolute Gasteiger partial charge is 0.335 e. The van der Waals surface area contributed by atoms with Crippen molar-refractivity contribution in [3.8, 4) is 0 Å². The third-order valence-corrected chi connectivity index (χ3v) is 5.41. The summed E-state index contributed by atoms with van der Waals surface area (Å²) in [5.74, 6) is 0.502. The van der Waals surface area contributed by atoms with Gasteiger partial charge >= 0.3 is 6.03 Å². The van der Waals surface area contributed by atoms with E-state index in [0.717, 1.165) is 19.3 Å². The first-order valence-corrected chi connectivity index (χ1v) is 10.1. The minimum atomic E-state index is -3.10. The van der Waals surface area contributed by atoms with Gasteiger partial charge in [-0.05, 0) is 37.7 Å². The molecule has 1 aliphatic carbocycles. The van der Waals surface area contributed by atoms with E-state index in [4.69, 9.17) is 0 Å². The van der Waals surface area contributed by atoms with Gasteiger partial charge in [-0.25, -0.2) is 13.2 Å². The van der Waals surface area contributed by atoms with Crippen molar-refractivity contribution >= 4 is 15.9 Å². The number of hydrogen-bond acceptors (Lipinski definition) is 3. The third kappa shape index (κ3) is 5.86. The number of nitrogens with one attached hydrogen (secondary N) is 1. The molecule has 0 unspecified atom stereocenters. The smallest absolute Gasteiger partial charge is 0.317 e. The van der Waals surface area contributed by atoms with Crippen molar-refractivity contribution in [1.82, 2.24) is 10.2 Å². The lowest BCUT2D eigenvalue weighted by atomic mass is 10.0. The highest BCUT2D eigenvalue weighted by Gasteiger charge is 2.33.